The number of piperidine rings is 1. The van der Waals surface area contributed by atoms with Crippen LogP contribution < -0.4 is 4.74 Å². The zero-order valence-electron chi connectivity index (χ0n) is 17.7. The summed E-state index contributed by atoms with van der Waals surface area (Å²) in [5.41, 5.74) is 2.73. The van der Waals surface area contributed by atoms with Crippen LogP contribution in [0.5, 0.6) is 5.75 Å². The molecule has 1 saturated heterocycles. The van der Waals surface area contributed by atoms with Crippen molar-refractivity contribution in [2.45, 2.75) is 69.9 Å². The fourth-order valence-electron chi connectivity index (χ4n) is 5.28. The van der Waals surface area contributed by atoms with Gasteiger partial charge in [0.2, 0.25) is 0 Å². The molecule has 2 heteroatoms. The van der Waals surface area contributed by atoms with Crippen molar-refractivity contribution in [1.82, 2.24) is 4.90 Å². The summed E-state index contributed by atoms with van der Waals surface area (Å²) in [4.78, 5) is 1.79. The van der Waals surface area contributed by atoms with Gasteiger partial charge in [0.15, 0.2) is 0 Å². The Morgan fingerprint density at radius 1 is 1.36 bits per heavy atom. The summed E-state index contributed by atoms with van der Waals surface area (Å²) < 4.78 is 37.8. The smallest absolute Gasteiger partial charge is 0.119 e. The first-order valence-electron chi connectivity index (χ1n) is 10.7. The van der Waals surface area contributed by atoms with E-state index < -0.39 is 13.1 Å². The van der Waals surface area contributed by atoms with Crippen molar-refractivity contribution < 1.29 is 10.2 Å². The number of nitrogens with zero attached hydrogens (tertiary/aromatic N) is 1. The Kier molecular flexibility index (Phi) is 2.56. The largest absolute Gasteiger partial charge is 0.491 e. The lowest BCUT2D eigenvalue weighted by Crippen LogP contribution is -2.59. The van der Waals surface area contributed by atoms with E-state index in [0.29, 0.717) is 12.5 Å². The zero-order valence-corrected chi connectivity index (χ0v) is 13.7. The van der Waals surface area contributed by atoms with Gasteiger partial charge in [-0.25, -0.2) is 0 Å². The van der Waals surface area contributed by atoms with Crippen LogP contribution in [0.3, 0.4) is 0 Å². The number of ether oxygens (including phenoxy) is 1. The molecule has 1 saturated carbocycles. The maximum absolute atomic E-state index is 8.03. The molecule has 2 fully saturated rings. The summed E-state index contributed by atoms with van der Waals surface area (Å²) in [6.07, 6.45) is 5.43. The average Bonchev–Trinajstić information content (AvgIpc) is 2.53. The predicted molar refractivity (Wildman–Crippen MR) is 90.6 cm³/mol. The highest BCUT2D eigenvalue weighted by Gasteiger charge is 2.53. The molecule has 0 spiro atoms. The quantitative estimate of drug-likeness (QED) is 0.813. The van der Waals surface area contributed by atoms with Crippen molar-refractivity contribution in [2.24, 2.45) is 5.92 Å². The van der Waals surface area contributed by atoms with Crippen molar-refractivity contribution in [3.63, 3.8) is 0 Å². The van der Waals surface area contributed by atoms with Crippen molar-refractivity contribution in [3.8, 4) is 5.75 Å². The van der Waals surface area contributed by atoms with E-state index in [4.69, 9.17) is 10.2 Å². The molecule has 0 N–H and O–H groups in total. The molecule has 1 heterocycles. The van der Waals surface area contributed by atoms with Gasteiger partial charge in [-0.3, -0.25) is 0 Å². The lowest BCUT2D eigenvalue weighted by Gasteiger charge is -2.58. The van der Waals surface area contributed by atoms with E-state index in [0.717, 1.165) is 31.4 Å². The Labute approximate surface area is 140 Å². The van der Waals surface area contributed by atoms with E-state index in [1.54, 1.807) is 18.7 Å². The normalized spacial score (nSPS) is 37.9. The third-order valence-electron chi connectivity index (χ3n) is 6.13. The van der Waals surface area contributed by atoms with E-state index in [1.165, 1.54) is 24.0 Å². The molecule has 2 bridgehead atoms. The molecular weight excluding hydrogens is 270 g/mol. The van der Waals surface area contributed by atoms with Crippen LogP contribution >= 0.6 is 0 Å². The summed E-state index contributed by atoms with van der Waals surface area (Å²) in [6, 6.07) is 6.33. The Morgan fingerprint density at radius 2 is 2.27 bits per heavy atom. The van der Waals surface area contributed by atoms with E-state index in [9.17, 15) is 0 Å². The number of hydrogen-bond acceptors (Lipinski definition) is 2. The zero-order chi connectivity index (χ0) is 18.7. The van der Waals surface area contributed by atoms with Gasteiger partial charge in [-0.05, 0) is 82.2 Å². The number of likely N-dealkylation sites (N-methyl/N-ethyl adjacent to an activating group) is 1. The number of likely N-dealkylation sites (tertiary alicyclic amines) is 1. The lowest BCUT2D eigenvalue weighted by molar-refractivity contribution is 0.00266. The second kappa shape index (κ2) is 5.26. The van der Waals surface area contributed by atoms with Gasteiger partial charge in [0.25, 0.3) is 0 Å². The van der Waals surface area contributed by atoms with Crippen molar-refractivity contribution in [3.05, 3.63) is 29.3 Å². The Balaban J connectivity index is 1.78. The highest BCUT2D eigenvalue weighted by Crippen LogP contribution is 2.55. The van der Waals surface area contributed by atoms with Crippen LogP contribution in [0.15, 0.2) is 18.2 Å². The number of fused-ring (bicyclic) bond motifs is 1. The van der Waals surface area contributed by atoms with Gasteiger partial charge >= 0.3 is 0 Å². The summed E-state index contributed by atoms with van der Waals surface area (Å²) in [5.74, 6) is 1.18. The highest BCUT2D eigenvalue weighted by atomic mass is 16.5. The van der Waals surface area contributed by atoms with Gasteiger partial charge < -0.3 is 9.64 Å². The van der Waals surface area contributed by atoms with Gasteiger partial charge in [0, 0.05) is 15.6 Å². The van der Waals surface area contributed by atoms with Crippen molar-refractivity contribution in [2.75, 3.05) is 13.5 Å². The Hall–Kier alpha value is -1.02. The van der Waals surface area contributed by atoms with Crippen LogP contribution in [-0.4, -0.2) is 30.5 Å². The number of rotatable bonds is 2. The summed E-state index contributed by atoms with van der Waals surface area (Å²) in [6.45, 7) is 2.13. The molecule has 2 nitrogen and oxygen atoms in total. The Morgan fingerprint density at radius 3 is 3.09 bits per heavy atom. The predicted octanol–water partition coefficient (Wildman–Crippen LogP) is 4.16. The van der Waals surface area contributed by atoms with Gasteiger partial charge in [0.1, 0.15) is 5.75 Å². The van der Waals surface area contributed by atoms with E-state index >= 15 is 0 Å². The summed E-state index contributed by atoms with van der Waals surface area (Å²) in [7, 11) is 0. The maximum Gasteiger partial charge on any atom is 0.119 e. The minimum Gasteiger partial charge on any atom is -0.491 e. The molecule has 1 unspecified atom stereocenters. The van der Waals surface area contributed by atoms with Gasteiger partial charge in [-0.2, -0.15) is 0 Å². The average molecular weight is 303 g/mol. The molecule has 22 heavy (non-hydrogen) atoms. The molecule has 0 radical (unpaired) electrons. The topological polar surface area (TPSA) is 12.5 Å². The first-order chi connectivity index (χ1) is 12.1. The fraction of sp³-hybridized carbons (Fsp3) is 0.700. The molecule has 1 aliphatic heterocycles. The molecule has 120 valence electrons. The van der Waals surface area contributed by atoms with E-state index in [-0.39, 0.29) is 11.5 Å². The second-order valence-corrected chi connectivity index (χ2v) is 7.55. The molecule has 0 amide bonds. The van der Waals surface area contributed by atoms with Gasteiger partial charge in [-0.1, -0.05) is 18.9 Å². The number of benzene rings is 1. The highest BCUT2D eigenvalue weighted by molar-refractivity contribution is 5.45. The minimum absolute atomic E-state index is 0.0871. The maximum atomic E-state index is 8.03. The van der Waals surface area contributed by atoms with E-state index in [2.05, 4.69) is 12.1 Å². The molecule has 1 aromatic rings. The fourth-order valence-corrected chi connectivity index (χ4v) is 5.28. The van der Waals surface area contributed by atoms with Crippen molar-refractivity contribution in [1.29, 1.82) is 0 Å². The van der Waals surface area contributed by atoms with Crippen molar-refractivity contribution >= 4 is 0 Å². The monoisotopic (exact) mass is 303 g/mol. The summed E-state index contributed by atoms with van der Waals surface area (Å²) in [5, 5.41) is 0. The van der Waals surface area contributed by atoms with Gasteiger partial charge in [-0.15, -0.1) is 0 Å². The third-order valence-corrected chi connectivity index (χ3v) is 6.13. The van der Waals surface area contributed by atoms with E-state index in [1.807, 2.05) is 6.07 Å². The van der Waals surface area contributed by atoms with Crippen LogP contribution in [-0.2, 0) is 11.8 Å². The molecule has 2 aliphatic carbocycles. The standard InChI is InChI=1S/C20H29NO/c1-14(2)22-16-8-7-15-12-19-17-6-4-5-9-20(17,18(15)13-16)10-11-21(19)3/h7-8,13-14,17,19H,4-6,9-12H2,1-3H3/t17-,19+,20?/m1/s1/i3D3,14D. The number of hydrogen-bond donors (Lipinski definition) is 0. The van der Waals surface area contributed by atoms with Crippen LogP contribution in [0.4, 0.5) is 0 Å². The first kappa shape index (κ1) is 10.7. The third kappa shape index (κ3) is 2.11. The molecule has 3 aliphatic rings. The van der Waals surface area contributed by atoms with Crippen LogP contribution in [0.25, 0.3) is 0 Å². The van der Waals surface area contributed by atoms with Gasteiger partial charge in [0.05, 0.1) is 7.45 Å². The first-order valence-corrected chi connectivity index (χ1v) is 8.69. The van der Waals surface area contributed by atoms with Crippen LogP contribution in [0.1, 0.15) is 62.6 Å². The molecule has 0 aromatic heterocycles. The molecular formula is C20H29NO. The Bertz CT molecular complexity index is 696. The van der Waals surface area contributed by atoms with Crippen LogP contribution in [0, 0.1) is 5.92 Å². The molecule has 1 aromatic carbocycles. The van der Waals surface area contributed by atoms with Crippen LogP contribution in [0.2, 0.25) is 0 Å². The molecule has 4 rings (SSSR count). The summed E-state index contributed by atoms with van der Waals surface area (Å²) >= 11 is 0. The SMILES string of the molecule is [2H]C(C)(C)Oc1ccc2c(c1)C13CCCC[C@@H]1[C@H](C2)N(C([2H])([2H])[2H])CC3. The minimum atomic E-state index is -2.01. The second-order valence-electron chi connectivity index (χ2n) is 7.55. The lowest BCUT2D eigenvalue weighted by atomic mass is 9.52. The molecule has 3 atom stereocenters.